The summed E-state index contributed by atoms with van der Waals surface area (Å²) in [5.41, 5.74) is 0.942. The van der Waals surface area contributed by atoms with E-state index in [1.807, 2.05) is 102 Å². The van der Waals surface area contributed by atoms with Crippen LogP contribution in [0.25, 0.3) is 0 Å². The predicted octanol–water partition coefficient (Wildman–Crippen LogP) is 5.54. The van der Waals surface area contributed by atoms with Crippen LogP contribution in [0.2, 0.25) is 0 Å². The summed E-state index contributed by atoms with van der Waals surface area (Å²) >= 11 is 0. The number of nitrogens with zero attached hydrogens (tertiary/aromatic N) is 2. The maximum Gasteiger partial charge on any atom is 0.408 e. The number of carbonyl (C=O) groups is 5. The Labute approximate surface area is 333 Å². The lowest BCUT2D eigenvalue weighted by molar-refractivity contribution is -0.142. The van der Waals surface area contributed by atoms with Gasteiger partial charge in [-0.2, -0.15) is 0 Å². The molecule has 0 saturated carbocycles. The number of carboxylic acids is 1. The topological polar surface area (TPSA) is 190 Å². The summed E-state index contributed by atoms with van der Waals surface area (Å²) in [5, 5.41) is 20.3. The fraction of sp³-hybridized carbons (Fsp3) is 0.395. The molecule has 5 N–H and O–H groups in total. The average Bonchev–Trinajstić information content (AvgIpc) is 3.61. The molecule has 1 heterocycles. The monoisotopic (exact) mass is 782 g/mol. The van der Waals surface area contributed by atoms with Gasteiger partial charge in [0.05, 0.1) is 12.0 Å². The van der Waals surface area contributed by atoms with Crippen LogP contribution >= 0.6 is 0 Å². The number of hydrogen-bond donors (Lipinski definition) is 5. The third kappa shape index (κ3) is 12.9. The number of nitrogens with one attached hydrogen (secondary N) is 4. The highest BCUT2D eigenvalue weighted by Crippen LogP contribution is 2.40. The van der Waals surface area contributed by atoms with Gasteiger partial charge in [-0.05, 0) is 77.5 Å². The van der Waals surface area contributed by atoms with E-state index in [-0.39, 0.29) is 19.4 Å². The molecule has 0 saturated heterocycles. The smallest absolute Gasteiger partial charge is 0.408 e. The number of ether oxygens (including phenoxy) is 2. The van der Waals surface area contributed by atoms with Crippen LogP contribution in [-0.4, -0.2) is 81.0 Å². The normalized spacial score (nSPS) is 12.7. The number of aromatic nitrogens is 2. The maximum atomic E-state index is 13.9. The molecule has 0 bridgehead atoms. The second kappa shape index (κ2) is 19.6. The molecular formula is C43H54N6O8. The third-order valence-electron chi connectivity index (χ3n) is 8.66. The third-order valence-corrected chi connectivity index (χ3v) is 8.66. The summed E-state index contributed by atoms with van der Waals surface area (Å²) in [6.45, 7) is 10.0. The number of benzene rings is 3. The summed E-state index contributed by atoms with van der Waals surface area (Å²) in [6.07, 6.45) is 2.81. The van der Waals surface area contributed by atoms with Gasteiger partial charge in [0.1, 0.15) is 35.4 Å². The molecule has 57 heavy (non-hydrogen) atoms. The van der Waals surface area contributed by atoms with Crippen molar-refractivity contribution in [1.82, 2.24) is 30.8 Å². The van der Waals surface area contributed by atoms with Gasteiger partial charge in [0.25, 0.3) is 0 Å². The molecule has 3 aromatic carbocycles. The molecular weight excluding hydrogens is 729 g/mol. The standard InChI is InChI=1S/C43H54N6O8/c1-41(2,3)56-39(54)44-25-17-16-24-34(38(52)53)48-37(51)35(47-36(50)27-45-40(55)57-42(4,5)6)26-33-28-49(29-46-33)43(30-18-10-7-11-19-30,31-20-12-8-13-21-31)32-22-14-9-15-23-32/h7-15,18-23,28-29,34-35H,16-17,24-27H2,1-6H3,(H,44,54)(H,45,55)(H,47,50)(H,48,51)(H,52,53)/t34-,35-/m0/s1. The van der Waals surface area contributed by atoms with Crippen molar-refractivity contribution >= 4 is 30.0 Å². The Morgan fingerprint density at radius 3 is 1.65 bits per heavy atom. The van der Waals surface area contributed by atoms with Crippen LogP contribution < -0.4 is 21.3 Å². The Bertz CT molecular complexity index is 1840. The van der Waals surface area contributed by atoms with Crippen molar-refractivity contribution in [2.45, 2.75) is 96.1 Å². The Balaban J connectivity index is 1.60. The van der Waals surface area contributed by atoms with Crippen molar-refractivity contribution in [1.29, 1.82) is 0 Å². The van der Waals surface area contributed by atoms with Crippen LogP contribution in [0.3, 0.4) is 0 Å². The van der Waals surface area contributed by atoms with Crippen molar-refractivity contribution in [3.63, 3.8) is 0 Å². The van der Waals surface area contributed by atoms with E-state index in [1.165, 1.54) is 0 Å². The zero-order valence-electron chi connectivity index (χ0n) is 33.4. The summed E-state index contributed by atoms with van der Waals surface area (Å²) in [7, 11) is 0. The molecule has 0 fully saturated rings. The number of unbranched alkanes of at least 4 members (excludes halogenated alkanes) is 1. The van der Waals surface area contributed by atoms with Crippen LogP contribution in [0.5, 0.6) is 0 Å². The zero-order valence-corrected chi connectivity index (χ0v) is 33.4. The number of rotatable bonds is 17. The quantitative estimate of drug-likeness (QED) is 0.0677. The van der Waals surface area contributed by atoms with E-state index in [9.17, 15) is 29.1 Å². The minimum absolute atomic E-state index is 0.0559. The highest BCUT2D eigenvalue weighted by atomic mass is 16.6. The number of hydrogen-bond acceptors (Lipinski definition) is 8. The molecule has 4 amide bonds. The van der Waals surface area contributed by atoms with Crippen LogP contribution in [0.1, 0.15) is 83.2 Å². The Kier molecular flexibility index (Phi) is 15.0. The number of alkyl carbamates (subject to hydrolysis) is 2. The van der Waals surface area contributed by atoms with Gasteiger partial charge in [-0.15, -0.1) is 0 Å². The Morgan fingerprint density at radius 1 is 0.684 bits per heavy atom. The molecule has 0 spiro atoms. The number of carbonyl (C=O) groups excluding carboxylic acids is 4. The first-order valence-electron chi connectivity index (χ1n) is 18.9. The number of imidazole rings is 1. The summed E-state index contributed by atoms with van der Waals surface area (Å²) in [4.78, 5) is 68.4. The van der Waals surface area contributed by atoms with Crippen molar-refractivity contribution in [2.75, 3.05) is 13.1 Å². The lowest BCUT2D eigenvalue weighted by atomic mass is 9.77. The molecule has 14 nitrogen and oxygen atoms in total. The lowest BCUT2D eigenvalue weighted by Crippen LogP contribution is -2.54. The molecule has 0 aliphatic carbocycles. The van der Waals surface area contributed by atoms with E-state index in [0.717, 1.165) is 16.7 Å². The van der Waals surface area contributed by atoms with E-state index >= 15 is 0 Å². The van der Waals surface area contributed by atoms with E-state index in [2.05, 4.69) is 21.3 Å². The van der Waals surface area contributed by atoms with Crippen LogP contribution in [-0.2, 0) is 35.8 Å². The SMILES string of the molecule is CC(C)(C)OC(=O)NCCCC[C@H](NC(=O)[C@H](Cc1cn(C(c2ccccc2)(c2ccccc2)c2ccccc2)cn1)NC(=O)CNC(=O)OC(C)(C)C)C(=O)O. The summed E-state index contributed by atoms with van der Waals surface area (Å²) in [5.74, 6) is -2.72. The van der Waals surface area contributed by atoms with E-state index in [4.69, 9.17) is 14.5 Å². The predicted molar refractivity (Wildman–Crippen MR) is 214 cm³/mol. The van der Waals surface area contributed by atoms with Gasteiger partial charge in [0.15, 0.2) is 0 Å². The van der Waals surface area contributed by atoms with Crippen LogP contribution in [0, 0.1) is 0 Å². The molecule has 1 aromatic heterocycles. The van der Waals surface area contributed by atoms with Gasteiger partial charge in [-0.3, -0.25) is 9.59 Å². The second-order valence-corrected chi connectivity index (χ2v) is 15.6. The maximum absolute atomic E-state index is 13.9. The molecule has 0 aliphatic rings. The highest BCUT2D eigenvalue weighted by molar-refractivity contribution is 5.91. The lowest BCUT2D eigenvalue weighted by Gasteiger charge is -2.37. The fourth-order valence-corrected chi connectivity index (χ4v) is 6.28. The molecule has 0 unspecified atom stereocenters. The largest absolute Gasteiger partial charge is 0.480 e. The average molecular weight is 783 g/mol. The molecule has 14 heteroatoms. The van der Waals surface area contributed by atoms with E-state index < -0.39 is 65.3 Å². The molecule has 4 aromatic rings. The Hall–Kier alpha value is -6.18. The second-order valence-electron chi connectivity index (χ2n) is 15.6. The first-order valence-corrected chi connectivity index (χ1v) is 18.9. The molecule has 0 radical (unpaired) electrons. The summed E-state index contributed by atoms with van der Waals surface area (Å²) in [6, 6.07) is 27.2. The van der Waals surface area contributed by atoms with Gasteiger partial charge < -0.3 is 40.4 Å². The molecule has 4 rings (SSSR count). The molecule has 0 aliphatic heterocycles. The Morgan fingerprint density at radius 2 is 1.18 bits per heavy atom. The van der Waals surface area contributed by atoms with Crippen molar-refractivity contribution in [2.24, 2.45) is 0 Å². The number of aliphatic carboxylic acids is 1. The first-order chi connectivity index (χ1) is 27.0. The van der Waals surface area contributed by atoms with Gasteiger partial charge in [-0.1, -0.05) is 91.0 Å². The zero-order chi connectivity index (χ0) is 41.6. The number of carboxylic acid groups (broad SMARTS) is 1. The van der Waals surface area contributed by atoms with Gasteiger partial charge in [-0.25, -0.2) is 19.4 Å². The van der Waals surface area contributed by atoms with E-state index in [0.29, 0.717) is 18.5 Å². The first kappa shape index (κ1) is 43.5. The molecule has 304 valence electrons. The minimum Gasteiger partial charge on any atom is -0.480 e. The van der Waals surface area contributed by atoms with Crippen molar-refractivity contribution < 1.29 is 38.6 Å². The summed E-state index contributed by atoms with van der Waals surface area (Å²) < 4.78 is 12.4. The van der Waals surface area contributed by atoms with Gasteiger partial charge in [0, 0.05) is 19.2 Å². The number of amides is 4. The van der Waals surface area contributed by atoms with Crippen molar-refractivity contribution in [3.05, 3.63) is 126 Å². The van der Waals surface area contributed by atoms with Gasteiger partial charge in [0.2, 0.25) is 11.8 Å². The fourth-order valence-electron chi connectivity index (χ4n) is 6.28. The highest BCUT2D eigenvalue weighted by Gasteiger charge is 2.39. The van der Waals surface area contributed by atoms with Crippen LogP contribution in [0.15, 0.2) is 104 Å². The minimum atomic E-state index is -1.29. The van der Waals surface area contributed by atoms with Crippen LogP contribution in [0.4, 0.5) is 9.59 Å². The molecule has 2 atom stereocenters. The van der Waals surface area contributed by atoms with E-state index in [1.54, 1.807) is 47.9 Å². The van der Waals surface area contributed by atoms with Gasteiger partial charge >= 0.3 is 18.2 Å². The van der Waals surface area contributed by atoms with Crippen molar-refractivity contribution in [3.8, 4) is 0 Å².